The number of rotatable bonds is 5. The van der Waals surface area contributed by atoms with Gasteiger partial charge in [0.2, 0.25) is 0 Å². The van der Waals surface area contributed by atoms with Gasteiger partial charge in [-0.15, -0.1) is 10.2 Å². The molecule has 0 fully saturated rings. The van der Waals surface area contributed by atoms with Crippen molar-refractivity contribution in [2.75, 3.05) is 0 Å². The molecule has 3 aromatic carbocycles. The Kier molecular flexibility index (Phi) is 5.21. The van der Waals surface area contributed by atoms with Crippen molar-refractivity contribution in [3.63, 3.8) is 0 Å². The number of aromatic nitrogens is 3. The minimum absolute atomic E-state index is 0.454. The molecule has 4 aromatic rings. The van der Waals surface area contributed by atoms with Crippen LogP contribution in [0.5, 0.6) is 0 Å². The average molecular weight is 393 g/mol. The van der Waals surface area contributed by atoms with Crippen LogP contribution in [0.1, 0.15) is 11.1 Å². The van der Waals surface area contributed by atoms with Crippen LogP contribution in [0.15, 0.2) is 78.0 Å². The first-order valence-corrected chi connectivity index (χ1v) is 9.75. The molecule has 0 aliphatic carbocycles. The molecule has 1 heterocycles. The van der Waals surface area contributed by atoms with E-state index in [0.717, 1.165) is 28.7 Å². The van der Waals surface area contributed by atoms with E-state index in [1.165, 1.54) is 17.8 Å². The molecule has 0 spiro atoms. The number of thioether (sulfide) groups is 1. The van der Waals surface area contributed by atoms with Crippen molar-refractivity contribution in [3.05, 3.63) is 95.6 Å². The van der Waals surface area contributed by atoms with E-state index in [0.29, 0.717) is 16.5 Å². The Balaban J connectivity index is 1.72. The Bertz CT molecular complexity index is 1110. The van der Waals surface area contributed by atoms with Crippen molar-refractivity contribution in [3.8, 4) is 17.1 Å². The standard InChI is InChI=1S/C22H17F2N3S/c1-15-6-5-7-17(12-15)21-25-26-22(27(21)18-8-3-2-4-9-18)28-14-16-10-11-19(23)20(24)13-16/h2-13H,14H2,1H3. The number of para-hydroxylation sites is 1. The molecule has 0 unspecified atom stereocenters. The fourth-order valence-electron chi connectivity index (χ4n) is 2.92. The van der Waals surface area contributed by atoms with Crippen molar-refractivity contribution in [2.24, 2.45) is 0 Å². The molecule has 3 nitrogen and oxygen atoms in total. The highest BCUT2D eigenvalue weighted by Crippen LogP contribution is 2.30. The molecular weight excluding hydrogens is 376 g/mol. The fourth-order valence-corrected chi connectivity index (χ4v) is 3.82. The van der Waals surface area contributed by atoms with Crippen molar-refractivity contribution in [1.82, 2.24) is 14.8 Å². The van der Waals surface area contributed by atoms with Gasteiger partial charge in [-0.1, -0.05) is 59.8 Å². The van der Waals surface area contributed by atoms with Crippen molar-refractivity contribution in [2.45, 2.75) is 17.8 Å². The van der Waals surface area contributed by atoms with Gasteiger partial charge in [-0.2, -0.15) is 0 Å². The second-order valence-corrected chi connectivity index (χ2v) is 7.33. The van der Waals surface area contributed by atoms with Crippen LogP contribution in [0.4, 0.5) is 8.78 Å². The largest absolute Gasteiger partial charge is 0.270 e. The third-order valence-electron chi connectivity index (χ3n) is 4.28. The first-order chi connectivity index (χ1) is 13.6. The monoisotopic (exact) mass is 393 g/mol. The van der Waals surface area contributed by atoms with E-state index in [4.69, 9.17) is 0 Å². The van der Waals surface area contributed by atoms with Gasteiger partial charge in [-0.05, 0) is 42.8 Å². The zero-order chi connectivity index (χ0) is 19.5. The van der Waals surface area contributed by atoms with E-state index in [9.17, 15) is 8.78 Å². The highest BCUT2D eigenvalue weighted by Gasteiger charge is 2.16. The summed E-state index contributed by atoms with van der Waals surface area (Å²) in [5.74, 6) is -0.496. The molecular formula is C22H17F2N3S. The maximum absolute atomic E-state index is 13.5. The van der Waals surface area contributed by atoms with Crippen LogP contribution in [-0.4, -0.2) is 14.8 Å². The lowest BCUT2D eigenvalue weighted by Crippen LogP contribution is -2.00. The zero-order valence-electron chi connectivity index (χ0n) is 15.1. The van der Waals surface area contributed by atoms with E-state index >= 15 is 0 Å². The molecule has 0 aliphatic rings. The number of aryl methyl sites for hydroxylation is 1. The predicted octanol–water partition coefficient (Wildman–Crippen LogP) is 5.81. The Morgan fingerprint density at radius 2 is 1.68 bits per heavy atom. The van der Waals surface area contributed by atoms with Gasteiger partial charge in [-0.3, -0.25) is 4.57 Å². The third-order valence-corrected chi connectivity index (χ3v) is 5.28. The van der Waals surface area contributed by atoms with Crippen LogP contribution in [-0.2, 0) is 5.75 Å². The minimum atomic E-state index is -0.845. The molecule has 0 atom stereocenters. The van der Waals surface area contributed by atoms with E-state index in [1.807, 2.05) is 60.0 Å². The number of hydrogen-bond acceptors (Lipinski definition) is 3. The van der Waals surface area contributed by atoms with Gasteiger partial charge in [0.15, 0.2) is 22.6 Å². The summed E-state index contributed by atoms with van der Waals surface area (Å²) in [7, 11) is 0. The Morgan fingerprint density at radius 3 is 2.43 bits per heavy atom. The van der Waals surface area contributed by atoms with Crippen LogP contribution < -0.4 is 0 Å². The Labute approximate surface area is 166 Å². The molecule has 0 saturated carbocycles. The maximum atomic E-state index is 13.5. The molecule has 1 aromatic heterocycles. The van der Waals surface area contributed by atoms with E-state index in [-0.39, 0.29) is 0 Å². The third kappa shape index (κ3) is 3.82. The van der Waals surface area contributed by atoms with E-state index < -0.39 is 11.6 Å². The first kappa shape index (κ1) is 18.4. The minimum Gasteiger partial charge on any atom is -0.270 e. The van der Waals surface area contributed by atoms with E-state index in [2.05, 4.69) is 16.3 Å². The van der Waals surface area contributed by atoms with Crippen molar-refractivity contribution < 1.29 is 8.78 Å². The summed E-state index contributed by atoms with van der Waals surface area (Å²) in [6.45, 7) is 2.03. The molecule has 140 valence electrons. The second-order valence-electron chi connectivity index (χ2n) is 6.38. The number of benzene rings is 3. The number of nitrogens with zero attached hydrogens (tertiary/aromatic N) is 3. The molecule has 0 amide bonds. The molecule has 0 bridgehead atoms. The molecule has 4 rings (SSSR count). The summed E-state index contributed by atoms with van der Waals surface area (Å²) in [4.78, 5) is 0. The fraction of sp³-hybridized carbons (Fsp3) is 0.0909. The van der Waals surface area contributed by atoms with Gasteiger partial charge in [-0.25, -0.2) is 8.78 Å². The van der Waals surface area contributed by atoms with Gasteiger partial charge >= 0.3 is 0 Å². The Hall–Kier alpha value is -2.99. The van der Waals surface area contributed by atoms with Crippen molar-refractivity contribution in [1.29, 1.82) is 0 Å². The van der Waals surface area contributed by atoms with Gasteiger partial charge in [0.05, 0.1) is 0 Å². The summed E-state index contributed by atoms with van der Waals surface area (Å²) in [6.07, 6.45) is 0. The summed E-state index contributed by atoms with van der Waals surface area (Å²) >= 11 is 1.43. The van der Waals surface area contributed by atoms with Gasteiger partial charge in [0, 0.05) is 17.0 Å². The van der Waals surface area contributed by atoms with Crippen LogP contribution in [0.25, 0.3) is 17.1 Å². The average Bonchev–Trinajstić information content (AvgIpc) is 3.13. The smallest absolute Gasteiger partial charge is 0.196 e. The molecule has 0 saturated heterocycles. The second kappa shape index (κ2) is 7.94. The molecule has 0 aliphatic heterocycles. The van der Waals surface area contributed by atoms with Gasteiger partial charge in [0.25, 0.3) is 0 Å². The van der Waals surface area contributed by atoms with Crippen LogP contribution in [0.3, 0.4) is 0 Å². The number of halogens is 2. The predicted molar refractivity (Wildman–Crippen MR) is 107 cm³/mol. The SMILES string of the molecule is Cc1cccc(-c2nnc(SCc3ccc(F)c(F)c3)n2-c2ccccc2)c1. The normalized spacial score (nSPS) is 11.0. The first-order valence-electron chi connectivity index (χ1n) is 8.76. The molecule has 28 heavy (non-hydrogen) atoms. The van der Waals surface area contributed by atoms with Crippen LogP contribution in [0, 0.1) is 18.6 Å². The lowest BCUT2D eigenvalue weighted by molar-refractivity contribution is 0.507. The lowest BCUT2D eigenvalue weighted by Gasteiger charge is -2.11. The highest BCUT2D eigenvalue weighted by atomic mass is 32.2. The van der Waals surface area contributed by atoms with E-state index in [1.54, 1.807) is 6.07 Å². The van der Waals surface area contributed by atoms with Crippen LogP contribution >= 0.6 is 11.8 Å². The number of hydrogen-bond donors (Lipinski definition) is 0. The zero-order valence-corrected chi connectivity index (χ0v) is 16.0. The molecule has 6 heteroatoms. The topological polar surface area (TPSA) is 30.7 Å². The highest BCUT2D eigenvalue weighted by molar-refractivity contribution is 7.98. The summed E-state index contributed by atoms with van der Waals surface area (Å²) in [5, 5.41) is 9.46. The lowest BCUT2D eigenvalue weighted by atomic mass is 10.1. The summed E-state index contributed by atoms with van der Waals surface area (Å²) < 4.78 is 28.6. The molecule has 0 radical (unpaired) electrons. The Morgan fingerprint density at radius 1 is 0.857 bits per heavy atom. The summed E-state index contributed by atoms with van der Waals surface area (Å²) in [5.41, 5.74) is 3.73. The van der Waals surface area contributed by atoms with Gasteiger partial charge in [0.1, 0.15) is 0 Å². The van der Waals surface area contributed by atoms with Crippen LogP contribution in [0.2, 0.25) is 0 Å². The summed E-state index contributed by atoms with van der Waals surface area (Å²) in [6, 6.07) is 21.9. The molecule has 0 N–H and O–H groups in total. The van der Waals surface area contributed by atoms with Crippen molar-refractivity contribution >= 4 is 11.8 Å². The maximum Gasteiger partial charge on any atom is 0.196 e. The van der Waals surface area contributed by atoms with Gasteiger partial charge < -0.3 is 0 Å². The quantitative estimate of drug-likeness (QED) is 0.401.